The minimum absolute atomic E-state index is 0.0265. The quantitative estimate of drug-likeness (QED) is 0.818. The van der Waals surface area contributed by atoms with Crippen molar-refractivity contribution in [2.75, 3.05) is 11.9 Å². The fourth-order valence-corrected chi connectivity index (χ4v) is 2.00. The summed E-state index contributed by atoms with van der Waals surface area (Å²) < 4.78 is 13.2. The highest BCUT2D eigenvalue weighted by Crippen LogP contribution is 2.23. The van der Waals surface area contributed by atoms with Crippen LogP contribution in [0.3, 0.4) is 0 Å². The molecule has 1 aromatic rings. The standard InChI is InChI=1S/C12H18ClFN2/c1-12(2,3)7-9(13)8-16-11-10(14)5-4-6-15-11/h4-6,9H,7-8H2,1-3H3,(H,15,16). The third-order valence-corrected chi connectivity index (χ3v) is 2.39. The first-order chi connectivity index (χ1) is 7.38. The van der Waals surface area contributed by atoms with Gasteiger partial charge in [-0.2, -0.15) is 0 Å². The normalized spacial score (nSPS) is 13.6. The molecule has 1 heterocycles. The molecule has 1 unspecified atom stereocenters. The molecule has 0 aliphatic heterocycles. The van der Waals surface area contributed by atoms with Crippen molar-refractivity contribution >= 4 is 17.4 Å². The van der Waals surface area contributed by atoms with Crippen molar-refractivity contribution in [3.63, 3.8) is 0 Å². The van der Waals surface area contributed by atoms with Crippen LogP contribution in [0.5, 0.6) is 0 Å². The van der Waals surface area contributed by atoms with Crippen LogP contribution < -0.4 is 5.32 Å². The molecule has 1 aromatic heterocycles. The van der Waals surface area contributed by atoms with Crippen LogP contribution in [0.4, 0.5) is 10.2 Å². The molecule has 4 heteroatoms. The van der Waals surface area contributed by atoms with E-state index in [1.54, 1.807) is 12.3 Å². The van der Waals surface area contributed by atoms with Crippen molar-refractivity contribution in [3.8, 4) is 0 Å². The third-order valence-electron chi connectivity index (χ3n) is 2.08. The smallest absolute Gasteiger partial charge is 0.165 e. The zero-order valence-electron chi connectivity index (χ0n) is 9.93. The van der Waals surface area contributed by atoms with Crippen LogP contribution in [-0.2, 0) is 0 Å². The zero-order valence-corrected chi connectivity index (χ0v) is 10.7. The van der Waals surface area contributed by atoms with E-state index in [1.165, 1.54) is 6.07 Å². The van der Waals surface area contributed by atoms with Gasteiger partial charge in [0.25, 0.3) is 0 Å². The van der Waals surface area contributed by atoms with Gasteiger partial charge >= 0.3 is 0 Å². The molecule has 0 aromatic carbocycles. The molecular weight excluding hydrogens is 227 g/mol. The molecule has 2 nitrogen and oxygen atoms in total. The summed E-state index contributed by atoms with van der Waals surface area (Å²) in [4.78, 5) is 3.90. The van der Waals surface area contributed by atoms with Crippen LogP contribution in [0.2, 0.25) is 0 Å². The Morgan fingerprint density at radius 2 is 2.19 bits per heavy atom. The fourth-order valence-electron chi connectivity index (χ4n) is 1.46. The van der Waals surface area contributed by atoms with Gasteiger partial charge in [0.2, 0.25) is 0 Å². The molecule has 1 rings (SSSR count). The van der Waals surface area contributed by atoms with E-state index >= 15 is 0 Å². The van der Waals surface area contributed by atoms with Gasteiger partial charge in [-0.3, -0.25) is 0 Å². The van der Waals surface area contributed by atoms with Gasteiger partial charge < -0.3 is 5.32 Å². The lowest BCUT2D eigenvalue weighted by Gasteiger charge is -2.22. The maximum atomic E-state index is 13.2. The molecule has 90 valence electrons. The van der Waals surface area contributed by atoms with Gasteiger partial charge in [-0.15, -0.1) is 11.6 Å². The Balaban J connectivity index is 2.43. The van der Waals surface area contributed by atoms with Crippen LogP contribution in [0.25, 0.3) is 0 Å². The zero-order chi connectivity index (χ0) is 12.2. The van der Waals surface area contributed by atoms with Crippen LogP contribution in [0.15, 0.2) is 18.3 Å². The van der Waals surface area contributed by atoms with Crippen LogP contribution in [0, 0.1) is 11.2 Å². The molecule has 1 N–H and O–H groups in total. The minimum atomic E-state index is -0.345. The van der Waals surface area contributed by atoms with E-state index in [1.807, 2.05) is 0 Å². The largest absolute Gasteiger partial charge is 0.366 e. The van der Waals surface area contributed by atoms with E-state index in [-0.39, 0.29) is 22.4 Å². The van der Waals surface area contributed by atoms with Crippen molar-refractivity contribution in [1.29, 1.82) is 0 Å². The Kier molecular flexibility index (Phi) is 4.54. The van der Waals surface area contributed by atoms with Gasteiger partial charge in [-0.1, -0.05) is 20.8 Å². The van der Waals surface area contributed by atoms with E-state index < -0.39 is 0 Å². The van der Waals surface area contributed by atoms with Crippen molar-refractivity contribution in [1.82, 2.24) is 4.98 Å². The summed E-state index contributed by atoms with van der Waals surface area (Å²) in [5.41, 5.74) is 0.177. The average Bonchev–Trinajstić information content (AvgIpc) is 2.14. The summed E-state index contributed by atoms with van der Waals surface area (Å²) in [6.07, 6.45) is 2.43. The molecule has 0 amide bonds. The van der Waals surface area contributed by atoms with Gasteiger partial charge in [0.1, 0.15) is 0 Å². The van der Waals surface area contributed by atoms with Crippen molar-refractivity contribution in [2.24, 2.45) is 5.41 Å². The summed E-state index contributed by atoms with van der Waals surface area (Å²) in [6.45, 7) is 6.91. The Morgan fingerprint density at radius 3 is 2.75 bits per heavy atom. The molecular formula is C12H18ClFN2. The second-order valence-electron chi connectivity index (χ2n) is 5.08. The second-order valence-corrected chi connectivity index (χ2v) is 5.69. The van der Waals surface area contributed by atoms with Gasteiger partial charge in [0.05, 0.1) is 5.38 Å². The van der Waals surface area contributed by atoms with E-state index in [9.17, 15) is 4.39 Å². The van der Waals surface area contributed by atoms with E-state index in [0.29, 0.717) is 6.54 Å². The Hall–Kier alpha value is -0.830. The van der Waals surface area contributed by atoms with Crippen molar-refractivity contribution < 1.29 is 4.39 Å². The lowest BCUT2D eigenvalue weighted by molar-refractivity contribution is 0.373. The van der Waals surface area contributed by atoms with Crippen molar-refractivity contribution in [3.05, 3.63) is 24.1 Å². The fraction of sp³-hybridized carbons (Fsp3) is 0.583. The summed E-state index contributed by atoms with van der Waals surface area (Å²) in [6, 6.07) is 2.94. The highest BCUT2D eigenvalue weighted by Gasteiger charge is 2.17. The number of halogens is 2. The molecule has 0 aliphatic carbocycles. The van der Waals surface area contributed by atoms with Gasteiger partial charge in [0, 0.05) is 12.7 Å². The molecule has 0 spiro atoms. The number of hydrogen-bond donors (Lipinski definition) is 1. The molecule has 0 saturated carbocycles. The predicted octanol–water partition coefficient (Wildman–Crippen LogP) is 3.68. The van der Waals surface area contributed by atoms with E-state index in [2.05, 4.69) is 31.1 Å². The summed E-state index contributed by atoms with van der Waals surface area (Å²) in [5.74, 6) is -0.0795. The number of nitrogens with zero attached hydrogens (tertiary/aromatic N) is 1. The first kappa shape index (κ1) is 13.2. The van der Waals surface area contributed by atoms with E-state index in [4.69, 9.17) is 11.6 Å². The average molecular weight is 245 g/mol. The van der Waals surface area contributed by atoms with Crippen LogP contribution in [0.1, 0.15) is 27.2 Å². The molecule has 0 saturated heterocycles. The molecule has 0 fully saturated rings. The Bertz CT molecular complexity index is 336. The lowest BCUT2D eigenvalue weighted by Crippen LogP contribution is -2.21. The summed E-state index contributed by atoms with van der Waals surface area (Å²) in [5, 5.41) is 2.89. The SMILES string of the molecule is CC(C)(C)CC(Cl)CNc1ncccc1F. The number of anilines is 1. The Labute approximate surface area is 101 Å². The number of nitrogens with one attached hydrogen (secondary N) is 1. The van der Waals surface area contributed by atoms with Gasteiger partial charge in [-0.25, -0.2) is 9.37 Å². The summed E-state index contributed by atoms with van der Waals surface area (Å²) >= 11 is 6.15. The van der Waals surface area contributed by atoms with Crippen molar-refractivity contribution in [2.45, 2.75) is 32.6 Å². The van der Waals surface area contributed by atoms with E-state index in [0.717, 1.165) is 6.42 Å². The maximum Gasteiger partial charge on any atom is 0.165 e. The molecule has 16 heavy (non-hydrogen) atoms. The minimum Gasteiger partial charge on any atom is -0.366 e. The second kappa shape index (κ2) is 5.48. The maximum absolute atomic E-state index is 13.2. The molecule has 0 radical (unpaired) electrons. The number of pyridine rings is 1. The molecule has 0 bridgehead atoms. The number of hydrogen-bond acceptors (Lipinski definition) is 2. The number of rotatable bonds is 4. The third kappa shape index (κ3) is 4.79. The highest BCUT2D eigenvalue weighted by molar-refractivity contribution is 6.20. The number of alkyl halides is 1. The lowest BCUT2D eigenvalue weighted by atomic mass is 9.90. The molecule has 0 aliphatic rings. The highest BCUT2D eigenvalue weighted by atomic mass is 35.5. The Morgan fingerprint density at radius 1 is 1.50 bits per heavy atom. The monoisotopic (exact) mass is 244 g/mol. The number of aromatic nitrogens is 1. The summed E-state index contributed by atoms with van der Waals surface area (Å²) in [7, 11) is 0. The predicted molar refractivity (Wildman–Crippen MR) is 66.4 cm³/mol. The molecule has 1 atom stereocenters. The first-order valence-corrected chi connectivity index (χ1v) is 5.80. The van der Waals surface area contributed by atoms with Crippen LogP contribution >= 0.6 is 11.6 Å². The van der Waals surface area contributed by atoms with Gasteiger partial charge in [-0.05, 0) is 24.0 Å². The topological polar surface area (TPSA) is 24.9 Å². The first-order valence-electron chi connectivity index (χ1n) is 5.37. The van der Waals surface area contributed by atoms with Gasteiger partial charge in [0.15, 0.2) is 11.6 Å². The van der Waals surface area contributed by atoms with Crippen LogP contribution in [-0.4, -0.2) is 16.9 Å².